The normalized spacial score (nSPS) is 49.4. The van der Waals surface area contributed by atoms with Gasteiger partial charge in [-0.1, -0.05) is 6.92 Å². The van der Waals surface area contributed by atoms with Gasteiger partial charge in [-0.25, -0.2) is 0 Å². The van der Waals surface area contributed by atoms with Crippen LogP contribution in [0, 0.1) is 0 Å². The molecule has 2 heterocycles. The second kappa shape index (κ2) is 5.52. The zero-order valence-electron chi connectivity index (χ0n) is 9.37. The van der Waals surface area contributed by atoms with Crippen LogP contribution in [0.5, 0.6) is 0 Å². The van der Waals surface area contributed by atoms with Crippen LogP contribution < -0.4 is 0 Å². The zero-order valence-corrected chi connectivity index (χ0v) is 14.4. The molecule has 0 aromatic heterocycles. The highest BCUT2D eigenvalue weighted by molar-refractivity contribution is 8.95. The average molecular weight is 349 g/mol. The molecule has 2 aliphatic rings. The summed E-state index contributed by atoms with van der Waals surface area (Å²) in [6, 6.07) is 0. The van der Waals surface area contributed by atoms with Gasteiger partial charge in [-0.2, -0.15) is 12.6 Å². The van der Waals surface area contributed by atoms with Crippen molar-refractivity contribution in [2.45, 2.75) is 20.2 Å². The van der Waals surface area contributed by atoms with Crippen molar-refractivity contribution in [1.82, 2.24) is 0 Å². The summed E-state index contributed by atoms with van der Waals surface area (Å²) in [5.74, 6) is 2.49. The molecule has 0 amide bonds. The fraction of sp³-hybridized carbons (Fsp3) is 0.889. The Morgan fingerprint density at radius 2 is 2.18 bits per heavy atom. The molecule has 1 N–H and O–H groups in total. The third-order valence-corrected chi connectivity index (χ3v) is 19.0. The van der Waals surface area contributed by atoms with Gasteiger partial charge < -0.3 is 5.11 Å². The van der Waals surface area contributed by atoms with Gasteiger partial charge in [0.1, 0.15) is 2.74 Å². The maximum absolute atomic E-state index is 11.1. The maximum Gasteiger partial charge on any atom is 0.312 e. The first-order valence-electron chi connectivity index (χ1n) is 5.24. The van der Waals surface area contributed by atoms with Gasteiger partial charge in [-0.15, -0.1) is 56.0 Å². The lowest BCUT2D eigenvalue weighted by Gasteiger charge is -2.44. The largest absolute Gasteiger partial charge is 0.481 e. The van der Waals surface area contributed by atoms with Crippen molar-refractivity contribution in [3.8, 4) is 0 Å². The molecular weight excluding hydrogens is 332 g/mol. The molecule has 0 radical (unpaired) electrons. The van der Waals surface area contributed by atoms with Gasteiger partial charge in [0.25, 0.3) is 0 Å². The summed E-state index contributed by atoms with van der Waals surface area (Å²) < 4.78 is -0.0126. The van der Waals surface area contributed by atoms with Crippen molar-refractivity contribution in [2.24, 2.45) is 0 Å². The van der Waals surface area contributed by atoms with E-state index in [9.17, 15) is 4.79 Å². The maximum atomic E-state index is 11.1. The lowest BCUT2D eigenvalue weighted by atomic mass is 10.6. The van der Waals surface area contributed by atoms with Crippen molar-refractivity contribution in [3.05, 3.63) is 0 Å². The van der Waals surface area contributed by atoms with Gasteiger partial charge in [-0.05, 0) is 0 Å². The van der Waals surface area contributed by atoms with E-state index in [-0.39, 0.29) is 8.50 Å². The summed E-state index contributed by atoms with van der Waals surface area (Å²) >= 11 is 15.0. The monoisotopic (exact) mass is 348 g/mol. The van der Waals surface area contributed by atoms with E-state index in [0.29, 0.717) is 10.5 Å². The quantitative estimate of drug-likeness (QED) is 0.539. The minimum Gasteiger partial charge on any atom is -0.481 e. The van der Waals surface area contributed by atoms with Gasteiger partial charge in [-0.3, -0.25) is 4.79 Å². The van der Waals surface area contributed by atoms with Crippen LogP contribution in [0.3, 0.4) is 0 Å². The molecule has 2 saturated heterocycles. The number of rotatable bonds is 3. The van der Waals surface area contributed by atoms with Crippen molar-refractivity contribution in [2.75, 3.05) is 23.0 Å². The molecule has 2 aliphatic heterocycles. The van der Waals surface area contributed by atoms with Crippen LogP contribution in [-0.2, 0) is 4.79 Å². The van der Waals surface area contributed by atoms with Crippen molar-refractivity contribution >= 4 is 74.6 Å². The van der Waals surface area contributed by atoms with Crippen LogP contribution >= 0.6 is 68.6 Å². The van der Waals surface area contributed by atoms with E-state index in [0.717, 1.165) is 17.3 Å². The molecule has 2 rings (SSSR count). The Hall–Kier alpha value is 1.57. The van der Waals surface area contributed by atoms with Gasteiger partial charge in [0.05, 0.1) is 5.75 Å². The van der Waals surface area contributed by atoms with Crippen LogP contribution in [0.2, 0.25) is 0 Å². The first-order chi connectivity index (χ1) is 7.93. The molecule has 0 aromatic carbocycles. The van der Waals surface area contributed by atoms with Gasteiger partial charge >= 0.3 is 5.97 Å². The summed E-state index contributed by atoms with van der Waals surface area (Å²) in [5, 5.41) is 10.1. The minimum absolute atomic E-state index is 0.0126. The average Bonchev–Trinajstić information content (AvgIpc) is 2.78. The Kier molecular flexibility index (Phi) is 4.86. The lowest BCUT2D eigenvalue weighted by Crippen LogP contribution is -2.26. The van der Waals surface area contributed by atoms with Crippen molar-refractivity contribution in [3.63, 3.8) is 0 Å². The fourth-order valence-electron chi connectivity index (χ4n) is 1.92. The second-order valence-electron chi connectivity index (χ2n) is 4.15. The summed E-state index contributed by atoms with van der Waals surface area (Å²) in [6.45, 7) is 2.15. The van der Waals surface area contributed by atoms with E-state index in [1.165, 1.54) is 0 Å². The SMILES string of the molecule is CC1CSC2(SCC(CS)S2)S1(S)CC(=O)O. The first-order valence-corrected chi connectivity index (χ1v) is 11.6. The van der Waals surface area contributed by atoms with Crippen LogP contribution in [0.15, 0.2) is 0 Å². The van der Waals surface area contributed by atoms with E-state index >= 15 is 0 Å². The molecule has 0 aliphatic carbocycles. The van der Waals surface area contributed by atoms with Gasteiger partial charge in [0.2, 0.25) is 0 Å². The first kappa shape index (κ1) is 15.0. The number of carboxylic acids is 1. The molecular formula is C9H16O2S6. The number of carbonyl (C=O) groups is 1. The molecule has 4 unspecified atom stereocenters. The summed E-state index contributed by atoms with van der Waals surface area (Å²) in [4.78, 5) is 11.1. The number of carboxylic acid groups (broad SMARTS) is 1. The Morgan fingerprint density at radius 3 is 2.71 bits per heavy atom. The Balaban J connectivity index is 2.24. The number of thioether (sulfide) groups is 3. The molecule has 1 spiro atoms. The number of thiol groups is 2. The lowest BCUT2D eigenvalue weighted by molar-refractivity contribution is -0.133. The highest BCUT2D eigenvalue weighted by atomic mass is 33.1. The zero-order chi connectivity index (χ0) is 12.7. The van der Waals surface area contributed by atoms with Gasteiger partial charge in [0, 0.05) is 27.8 Å². The van der Waals surface area contributed by atoms with E-state index in [4.69, 9.17) is 16.8 Å². The minimum atomic E-state index is -1.41. The number of hydrogen-bond donors (Lipinski definition) is 3. The molecule has 0 bridgehead atoms. The smallest absolute Gasteiger partial charge is 0.312 e. The molecule has 0 aromatic rings. The molecule has 4 atom stereocenters. The third-order valence-electron chi connectivity index (χ3n) is 2.90. The molecule has 0 saturated carbocycles. The number of aliphatic carboxylic acids is 1. The highest BCUT2D eigenvalue weighted by Gasteiger charge is 2.59. The fourth-order valence-corrected chi connectivity index (χ4v) is 16.6. The predicted octanol–water partition coefficient (Wildman–Crippen LogP) is 3.25. The van der Waals surface area contributed by atoms with Crippen molar-refractivity contribution in [1.29, 1.82) is 0 Å². The van der Waals surface area contributed by atoms with E-state index < -0.39 is 15.0 Å². The molecule has 17 heavy (non-hydrogen) atoms. The third kappa shape index (κ3) is 2.59. The van der Waals surface area contributed by atoms with Crippen LogP contribution in [-0.4, -0.2) is 47.3 Å². The van der Waals surface area contributed by atoms with Crippen LogP contribution in [0.1, 0.15) is 6.92 Å². The summed E-state index contributed by atoms with van der Waals surface area (Å²) in [5.41, 5.74) is 0. The van der Waals surface area contributed by atoms with Gasteiger partial charge in [0.15, 0.2) is 0 Å². The molecule has 8 heteroatoms. The van der Waals surface area contributed by atoms with Crippen LogP contribution in [0.25, 0.3) is 0 Å². The van der Waals surface area contributed by atoms with E-state index in [2.05, 4.69) is 19.6 Å². The summed E-state index contributed by atoms with van der Waals surface area (Å²) in [6.07, 6.45) is 0. The highest BCUT2D eigenvalue weighted by Crippen LogP contribution is 2.84. The molecule has 2 nitrogen and oxygen atoms in total. The molecule has 100 valence electrons. The Morgan fingerprint density at radius 1 is 1.53 bits per heavy atom. The molecule has 2 fully saturated rings. The topological polar surface area (TPSA) is 37.3 Å². The standard InChI is InChI=1S/C9H16O2S6/c1-6-3-14-9(15-4-7(2-12)16-9)17(6,13)5-8(10)11/h6-7,12-13H,2-5H2,1H3,(H,10,11). The van der Waals surface area contributed by atoms with E-state index in [1.54, 1.807) is 0 Å². The van der Waals surface area contributed by atoms with Crippen molar-refractivity contribution < 1.29 is 9.90 Å². The van der Waals surface area contributed by atoms with Crippen LogP contribution in [0.4, 0.5) is 0 Å². The predicted molar refractivity (Wildman–Crippen MR) is 91.4 cm³/mol. The Labute approximate surface area is 127 Å². The number of hydrogen-bond acceptors (Lipinski definition) is 6. The summed E-state index contributed by atoms with van der Waals surface area (Å²) in [7, 11) is -1.41. The second-order valence-corrected chi connectivity index (χ2v) is 15.2. The Bertz CT molecular complexity index is 327. The van der Waals surface area contributed by atoms with E-state index in [1.807, 2.05) is 35.3 Å².